The van der Waals surface area contributed by atoms with Crippen molar-refractivity contribution < 1.29 is 136 Å². The molecule has 0 unspecified atom stereocenters. The first-order valence-electron chi connectivity index (χ1n) is 27.8. The molecule has 0 aromatic rings. The molecule has 13 N–H and O–H groups in total. The normalized spacial score (nSPS) is 46.1. The zero-order chi connectivity index (χ0) is 60.8. The Balaban J connectivity index is 1.09. The molecular weight excluding hydrogens is 1120 g/mol. The summed E-state index contributed by atoms with van der Waals surface area (Å²) in [6, 6.07) is 0. The summed E-state index contributed by atoms with van der Waals surface area (Å²) in [6.45, 7) is 12.0. The molecule has 3 heterocycles. The SMILES string of the molecule is CC1(C)CC[C@]2(C(=O)O[C@@H]3O[C@H](CO)[C@@H](OS(=O)(=O)O)[C@H](O)[C@H]3O)CC[C@]3(C)C(=CC[C@@H]4[C@@]5(C)CC[C@H](O[C@@H]6O[C@H](C(=O)O)[C@@H](O)[C@H](O[C@H](OCC(=O)O)[C@@H](O)C(=O)O)[C@H]6O[C@@H]6O[C@H](CO)[C@@H](O)[C@H](O)[C@H]6O)C(C)(C)[C@@H]5CC[C@]43C)[C@@H]2C1. The zero-order valence-electron chi connectivity index (χ0n) is 46.7. The third-order valence-corrected chi connectivity index (χ3v) is 21.1. The molecule has 8 aliphatic rings. The standard InChI is InChI=1S/C53H82O28S/c1-48(2)14-16-53(47(69)80-45-34(62)32(60)37(25(20-55)75-45)81-82(70,71)72)17-15-51(6)22(23(53)18-48)8-9-27-50(5)12-11-28(49(3,4)26(50)10-13-52(27,51)7)76-46-40(79-44-33(61)31(59)30(58)24(19-54)74-44)38(35(63)39(78-46)42(67)68)77-43(36(64)41(65)66)73-21-29(56)57/h8,23-28,30-40,43-46,54-55,58-64H,9-21H2,1-7H3,(H,56,57)(H,65,66)(H,67,68)(H,70,71,72)/t23-,24+,25+,26-,27+,28-,30+,31-,32+,33+,34+,35-,36-,37+,38-,39-,40+,43-,44-,45-,46+,50-,51+,52+,53-/m0/s1. The van der Waals surface area contributed by atoms with Gasteiger partial charge in [0.05, 0.1) is 24.7 Å². The van der Waals surface area contributed by atoms with Gasteiger partial charge in [-0.3, -0.25) is 9.35 Å². The first-order valence-corrected chi connectivity index (χ1v) is 29.2. The summed E-state index contributed by atoms with van der Waals surface area (Å²) in [5.41, 5.74) is -2.29. The highest BCUT2D eigenvalue weighted by atomic mass is 32.3. The van der Waals surface area contributed by atoms with Gasteiger partial charge < -0.3 is 99.2 Å². The first-order chi connectivity index (χ1) is 38.0. The van der Waals surface area contributed by atoms with E-state index in [1.54, 1.807) is 0 Å². The number of aliphatic hydroxyl groups excluding tert-OH is 9. The minimum atomic E-state index is -5.17. The van der Waals surface area contributed by atoms with E-state index in [4.69, 9.17) is 37.9 Å². The number of fused-ring (bicyclic) bond motifs is 7. The van der Waals surface area contributed by atoms with Crippen molar-refractivity contribution in [2.45, 2.75) is 223 Å². The quantitative estimate of drug-likeness (QED) is 0.0256. The molecule has 3 aliphatic heterocycles. The fourth-order valence-corrected chi connectivity index (χ4v) is 16.5. The third kappa shape index (κ3) is 11.5. The molecule has 3 saturated heterocycles. The number of ether oxygens (including phenoxy) is 8. The second-order valence-electron chi connectivity index (χ2n) is 26.0. The van der Waals surface area contributed by atoms with Gasteiger partial charge >= 0.3 is 34.3 Å². The van der Waals surface area contributed by atoms with Crippen LogP contribution in [0.25, 0.3) is 0 Å². The monoisotopic (exact) mass is 1200 g/mol. The molecule has 0 amide bonds. The number of carbonyl (C=O) groups is 4. The Bertz CT molecular complexity index is 2510. The third-order valence-electron chi connectivity index (χ3n) is 20.6. The maximum absolute atomic E-state index is 14.9. The van der Waals surface area contributed by atoms with Gasteiger partial charge in [0.2, 0.25) is 12.4 Å². The molecule has 28 nitrogen and oxygen atoms in total. The van der Waals surface area contributed by atoms with E-state index in [1.807, 2.05) is 13.8 Å². The Morgan fingerprint density at radius 3 is 1.94 bits per heavy atom. The van der Waals surface area contributed by atoms with E-state index < -0.39 is 186 Å². The van der Waals surface area contributed by atoms with Crippen LogP contribution in [0.3, 0.4) is 0 Å². The lowest BCUT2D eigenvalue weighted by atomic mass is 9.33. The average molecular weight is 1200 g/mol. The number of carbonyl (C=O) groups excluding carboxylic acids is 1. The van der Waals surface area contributed by atoms with Gasteiger partial charge in [-0.1, -0.05) is 60.1 Å². The number of aliphatic carboxylic acids is 3. The molecule has 0 bridgehead atoms. The van der Waals surface area contributed by atoms with Gasteiger partial charge in [0.15, 0.2) is 25.0 Å². The largest absolute Gasteiger partial charge is 0.480 e. The molecule has 0 aromatic carbocycles. The summed E-state index contributed by atoms with van der Waals surface area (Å²) in [5.74, 6) is -6.50. The van der Waals surface area contributed by atoms with Gasteiger partial charge in [0, 0.05) is 0 Å². The minimum Gasteiger partial charge on any atom is -0.480 e. The maximum atomic E-state index is 14.9. The number of carboxylic acid groups (broad SMARTS) is 3. The predicted octanol–water partition coefficient (Wildman–Crippen LogP) is -1.04. The van der Waals surface area contributed by atoms with Crippen LogP contribution >= 0.6 is 0 Å². The second-order valence-corrected chi connectivity index (χ2v) is 27.0. The van der Waals surface area contributed by atoms with E-state index in [0.29, 0.717) is 64.2 Å². The van der Waals surface area contributed by atoms with Crippen molar-refractivity contribution in [2.75, 3.05) is 19.8 Å². The van der Waals surface area contributed by atoms with E-state index in [1.165, 1.54) is 0 Å². The van der Waals surface area contributed by atoms with Crippen molar-refractivity contribution >= 4 is 34.3 Å². The Morgan fingerprint density at radius 1 is 0.695 bits per heavy atom. The molecule has 25 atom stereocenters. The molecule has 0 radical (unpaired) electrons. The molecule has 82 heavy (non-hydrogen) atoms. The van der Waals surface area contributed by atoms with Crippen molar-refractivity contribution in [3.05, 3.63) is 11.6 Å². The highest BCUT2D eigenvalue weighted by molar-refractivity contribution is 7.80. The smallest absolute Gasteiger partial charge is 0.397 e. The van der Waals surface area contributed by atoms with Crippen molar-refractivity contribution in [3.63, 3.8) is 0 Å². The molecule has 0 aromatic heterocycles. The Labute approximate surface area is 473 Å². The molecule has 8 rings (SSSR count). The zero-order valence-corrected chi connectivity index (χ0v) is 47.6. The lowest BCUT2D eigenvalue weighted by Gasteiger charge is -2.71. The summed E-state index contributed by atoms with van der Waals surface area (Å²) in [4.78, 5) is 51.4. The van der Waals surface area contributed by atoms with Crippen molar-refractivity contribution in [3.8, 4) is 0 Å². The first kappa shape index (κ1) is 64.8. The van der Waals surface area contributed by atoms with Gasteiger partial charge in [-0.25, -0.2) is 18.6 Å². The molecule has 4 saturated carbocycles. The Hall–Kier alpha value is -3.15. The van der Waals surface area contributed by atoms with Crippen LogP contribution in [0, 0.1) is 50.2 Å². The highest BCUT2D eigenvalue weighted by Crippen LogP contribution is 2.76. The van der Waals surface area contributed by atoms with Gasteiger partial charge in [0.1, 0.15) is 73.8 Å². The van der Waals surface area contributed by atoms with E-state index in [9.17, 15) is 93.4 Å². The van der Waals surface area contributed by atoms with Crippen LogP contribution < -0.4 is 0 Å². The fourth-order valence-electron chi connectivity index (χ4n) is 16.0. The van der Waals surface area contributed by atoms with Crippen molar-refractivity contribution in [1.29, 1.82) is 0 Å². The summed E-state index contributed by atoms with van der Waals surface area (Å²) in [7, 11) is -5.17. The molecule has 29 heteroatoms. The van der Waals surface area contributed by atoms with Crippen LogP contribution in [0.1, 0.15) is 113 Å². The lowest BCUT2D eigenvalue weighted by Crippen LogP contribution is -2.68. The average Bonchev–Trinajstić information content (AvgIpc) is 0.730. The molecule has 0 spiro atoms. The number of hydrogen-bond acceptors (Lipinski definition) is 24. The number of esters is 1. The van der Waals surface area contributed by atoms with Crippen LogP contribution in [0.4, 0.5) is 0 Å². The van der Waals surface area contributed by atoms with Gasteiger partial charge in [-0.05, 0) is 109 Å². The minimum absolute atomic E-state index is 0.0327. The maximum Gasteiger partial charge on any atom is 0.397 e. The number of aliphatic hydroxyl groups is 9. The topological polar surface area (TPSA) is 448 Å². The predicted molar refractivity (Wildman–Crippen MR) is 271 cm³/mol. The molecule has 5 aliphatic carbocycles. The van der Waals surface area contributed by atoms with Crippen LogP contribution in [-0.2, 0) is 71.7 Å². The van der Waals surface area contributed by atoms with Gasteiger partial charge in [-0.2, -0.15) is 8.42 Å². The number of hydrogen-bond donors (Lipinski definition) is 13. The second kappa shape index (κ2) is 23.5. The fraction of sp³-hybridized carbons (Fsp3) is 0.887. The van der Waals surface area contributed by atoms with Crippen LogP contribution in [0.2, 0.25) is 0 Å². The number of rotatable bonds is 18. The summed E-state index contributed by atoms with van der Waals surface area (Å²) >= 11 is 0. The van der Waals surface area contributed by atoms with E-state index in [2.05, 4.69) is 44.9 Å². The summed E-state index contributed by atoms with van der Waals surface area (Å²) in [5, 5.41) is 126. The van der Waals surface area contributed by atoms with Gasteiger partial charge in [-0.15, -0.1) is 0 Å². The van der Waals surface area contributed by atoms with Gasteiger partial charge in [0.25, 0.3) is 0 Å². The molecule has 7 fully saturated rings. The van der Waals surface area contributed by atoms with Crippen molar-refractivity contribution in [2.24, 2.45) is 50.2 Å². The number of allylic oxidation sites excluding steroid dienone is 2. The summed E-state index contributed by atoms with van der Waals surface area (Å²) in [6.07, 6.45) is -27.9. The van der Waals surface area contributed by atoms with E-state index in [0.717, 1.165) is 5.57 Å². The Kier molecular flexibility index (Phi) is 18.6. The summed E-state index contributed by atoms with van der Waals surface area (Å²) < 4.78 is 84.0. The van der Waals surface area contributed by atoms with Crippen molar-refractivity contribution in [1.82, 2.24) is 0 Å². The van der Waals surface area contributed by atoms with Crippen LogP contribution in [-0.4, -0.2) is 229 Å². The molecule has 468 valence electrons. The molecular formula is C53H82O28S. The van der Waals surface area contributed by atoms with Crippen LogP contribution in [0.15, 0.2) is 11.6 Å². The lowest BCUT2D eigenvalue weighted by molar-refractivity contribution is -0.387. The Morgan fingerprint density at radius 2 is 1.33 bits per heavy atom. The van der Waals surface area contributed by atoms with Crippen LogP contribution in [0.5, 0.6) is 0 Å². The van der Waals surface area contributed by atoms with E-state index >= 15 is 0 Å². The highest BCUT2D eigenvalue weighted by Gasteiger charge is 2.70. The number of carboxylic acids is 3. The van der Waals surface area contributed by atoms with E-state index in [-0.39, 0.29) is 28.6 Å².